The first-order chi connectivity index (χ1) is 16.0. The van der Waals surface area contributed by atoms with E-state index in [4.69, 9.17) is 9.47 Å². The van der Waals surface area contributed by atoms with Crippen molar-refractivity contribution in [1.29, 1.82) is 0 Å². The second kappa shape index (κ2) is 8.92. The number of fused-ring (bicyclic) bond motifs is 1. The van der Waals surface area contributed by atoms with Crippen LogP contribution in [0.3, 0.4) is 0 Å². The number of rotatable bonds is 5. The van der Waals surface area contributed by atoms with Crippen LogP contribution in [0, 0.1) is 12.7 Å². The zero-order chi connectivity index (χ0) is 24.8. The molecule has 1 N–H and O–H groups in total. The van der Waals surface area contributed by atoms with Gasteiger partial charge in [0, 0.05) is 13.1 Å². The third kappa shape index (κ3) is 4.74. The van der Waals surface area contributed by atoms with Gasteiger partial charge in [-0.05, 0) is 77.5 Å². The minimum atomic E-state index is -0.691. The van der Waals surface area contributed by atoms with E-state index in [0.717, 1.165) is 18.4 Å². The van der Waals surface area contributed by atoms with Gasteiger partial charge in [-0.2, -0.15) is 0 Å². The number of halogens is 1. The summed E-state index contributed by atoms with van der Waals surface area (Å²) in [5.74, 6) is -0.986. The number of anilines is 1. The number of nitrogens with one attached hydrogen (secondary N) is 1. The summed E-state index contributed by atoms with van der Waals surface area (Å²) in [6.07, 6.45) is 2.05. The van der Waals surface area contributed by atoms with Gasteiger partial charge in [0.05, 0.1) is 29.5 Å². The molecule has 8 nitrogen and oxygen atoms in total. The van der Waals surface area contributed by atoms with Gasteiger partial charge in [0.15, 0.2) is 5.82 Å². The van der Waals surface area contributed by atoms with Gasteiger partial charge in [0.2, 0.25) is 0 Å². The molecule has 2 aromatic heterocycles. The van der Waals surface area contributed by atoms with Crippen molar-refractivity contribution in [2.75, 3.05) is 24.6 Å². The maximum absolute atomic E-state index is 15.6. The summed E-state index contributed by atoms with van der Waals surface area (Å²) in [5, 5.41) is 2.86. The quantitative estimate of drug-likeness (QED) is 0.663. The molecule has 0 spiro atoms. The minimum Gasteiger partial charge on any atom is -0.462 e. The molecule has 1 unspecified atom stereocenters. The highest BCUT2D eigenvalue weighted by molar-refractivity contribution is 5.90. The molecule has 2 aromatic rings. The predicted molar refractivity (Wildman–Crippen MR) is 126 cm³/mol. The van der Waals surface area contributed by atoms with Gasteiger partial charge in [0.25, 0.3) is 5.56 Å². The van der Waals surface area contributed by atoms with Crippen molar-refractivity contribution in [2.45, 2.75) is 71.4 Å². The van der Waals surface area contributed by atoms with Crippen LogP contribution >= 0.6 is 0 Å². The molecule has 0 radical (unpaired) electrons. The first-order valence-corrected chi connectivity index (χ1v) is 11.8. The van der Waals surface area contributed by atoms with Crippen LogP contribution in [0.25, 0.3) is 5.52 Å². The summed E-state index contributed by atoms with van der Waals surface area (Å²) in [6.45, 7) is 9.75. The van der Waals surface area contributed by atoms with E-state index < -0.39 is 29.0 Å². The Morgan fingerprint density at radius 1 is 1.21 bits per heavy atom. The number of aryl methyl sites for hydroxylation is 1. The van der Waals surface area contributed by atoms with Gasteiger partial charge < -0.3 is 19.7 Å². The highest BCUT2D eigenvalue weighted by Gasteiger charge is 2.32. The van der Waals surface area contributed by atoms with Crippen molar-refractivity contribution in [2.24, 2.45) is 0 Å². The van der Waals surface area contributed by atoms with Gasteiger partial charge >= 0.3 is 12.1 Å². The summed E-state index contributed by atoms with van der Waals surface area (Å²) in [4.78, 5) is 39.6. The van der Waals surface area contributed by atoms with Crippen molar-refractivity contribution < 1.29 is 23.5 Å². The number of pyridine rings is 2. The lowest BCUT2D eigenvalue weighted by Gasteiger charge is -2.24. The van der Waals surface area contributed by atoms with E-state index in [1.165, 1.54) is 4.40 Å². The van der Waals surface area contributed by atoms with Gasteiger partial charge in [-0.25, -0.2) is 14.0 Å². The number of aromatic nitrogens is 1. The lowest BCUT2D eigenvalue weighted by molar-refractivity contribution is 0.0503. The Morgan fingerprint density at radius 2 is 1.91 bits per heavy atom. The van der Waals surface area contributed by atoms with Crippen molar-refractivity contribution in [1.82, 2.24) is 9.72 Å². The van der Waals surface area contributed by atoms with Crippen molar-refractivity contribution in [3.63, 3.8) is 0 Å². The highest BCUT2D eigenvalue weighted by Crippen LogP contribution is 2.43. The molecule has 0 bridgehead atoms. The van der Waals surface area contributed by atoms with Crippen molar-refractivity contribution in [3.05, 3.63) is 45.1 Å². The summed E-state index contributed by atoms with van der Waals surface area (Å²) >= 11 is 0. The molecule has 1 amide bonds. The first kappa shape index (κ1) is 24.0. The fourth-order valence-electron chi connectivity index (χ4n) is 4.49. The molecule has 4 rings (SSSR count). The molecule has 1 aliphatic heterocycles. The zero-order valence-electron chi connectivity index (χ0n) is 20.4. The molecular weight excluding hydrogens is 441 g/mol. The Bertz CT molecular complexity index is 1200. The number of hydrogen-bond acceptors (Lipinski definition) is 6. The lowest BCUT2D eigenvalue weighted by Crippen LogP contribution is -2.40. The smallest absolute Gasteiger partial charge is 0.407 e. The number of ether oxygens (including phenoxy) is 2. The fraction of sp³-hybridized carbons (Fsp3) is 0.560. The number of carbonyl (C=O) groups is 2. The lowest BCUT2D eigenvalue weighted by atomic mass is 10.0. The third-order valence-corrected chi connectivity index (χ3v) is 6.18. The molecule has 1 saturated heterocycles. The van der Waals surface area contributed by atoms with Gasteiger partial charge in [-0.15, -0.1) is 0 Å². The van der Waals surface area contributed by atoms with E-state index in [2.05, 4.69) is 5.32 Å². The Balaban J connectivity index is 1.69. The van der Waals surface area contributed by atoms with Gasteiger partial charge in [-0.1, -0.05) is 0 Å². The van der Waals surface area contributed by atoms with E-state index in [1.54, 1.807) is 46.8 Å². The molecule has 3 heterocycles. The van der Waals surface area contributed by atoms with Crippen LogP contribution in [0.15, 0.2) is 16.9 Å². The van der Waals surface area contributed by atoms with Gasteiger partial charge in [0.1, 0.15) is 11.2 Å². The van der Waals surface area contributed by atoms with Crippen LogP contribution in [0.5, 0.6) is 0 Å². The molecule has 2 fully saturated rings. The van der Waals surface area contributed by atoms with Crippen LogP contribution in [0.1, 0.15) is 74.5 Å². The average molecular weight is 474 g/mol. The first-order valence-electron chi connectivity index (χ1n) is 11.8. The number of esters is 1. The summed E-state index contributed by atoms with van der Waals surface area (Å²) in [7, 11) is 0. The minimum absolute atomic E-state index is 0.0701. The van der Waals surface area contributed by atoms with E-state index >= 15 is 4.39 Å². The van der Waals surface area contributed by atoms with E-state index in [-0.39, 0.29) is 29.8 Å². The van der Waals surface area contributed by atoms with E-state index in [9.17, 15) is 14.4 Å². The normalized spacial score (nSPS) is 18.3. The molecule has 0 aromatic carbocycles. The average Bonchev–Trinajstić information content (AvgIpc) is 3.48. The van der Waals surface area contributed by atoms with Crippen LogP contribution in [0.4, 0.5) is 14.9 Å². The second-order valence-corrected chi connectivity index (χ2v) is 10.0. The molecule has 2 aliphatic rings. The molecule has 34 heavy (non-hydrogen) atoms. The molecule has 1 aliphatic carbocycles. The highest BCUT2D eigenvalue weighted by atomic mass is 19.1. The SMILES string of the molecule is CCOC(=O)c1cc(C2CC2)c2cc(N3CCC(NC(=O)OC(C)(C)C)C3)c(F)c(C)n2c1=O. The molecule has 1 atom stereocenters. The van der Waals surface area contributed by atoms with Crippen molar-refractivity contribution >= 4 is 23.3 Å². The maximum Gasteiger partial charge on any atom is 0.407 e. The number of alkyl carbamates (subject to hydrolysis) is 1. The van der Waals surface area contributed by atoms with Crippen LogP contribution in [-0.2, 0) is 9.47 Å². The summed E-state index contributed by atoms with van der Waals surface area (Å²) < 4.78 is 27.3. The fourth-order valence-corrected chi connectivity index (χ4v) is 4.49. The number of amides is 1. The second-order valence-electron chi connectivity index (χ2n) is 10.0. The monoisotopic (exact) mass is 473 g/mol. The maximum atomic E-state index is 15.6. The summed E-state index contributed by atoms with van der Waals surface area (Å²) in [6, 6.07) is 3.13. The number of carbonyl (C=O) groups excluding carboxylic acids is 2. The van der Waals surface area contributed by atoms with Gasteiger partial charge in [-0.3, -0.25) is 9.20 Å². The Kier molecular flexibility index (Phi) is 6.31. The largest absolute Gasteiger partial charge is 0.462 e. The van der Waals surface area contributed by atoms with Crippen LogP contribution in [-0.4, -0.2) is 47.8 Å². The number of nitrogens with zero attached hydrogens (tertiary/aromatic N) is 2. The predicted octanol–water partition coefficient (Wildman–Crippen LogP) is 3.90. The summed E-state index contributed by atoms with van der Waals surface area (Å²) in [5.41, 5.74) is 0.752. The van der Waals surface area contributed by atoms with Crippen LogP contribution < -0.4 is 15.8 Å². The molecular formula is C25H32FN3O5. The topological polar surface area (TPSA) is 89.3 Å². The molecule has 184 valence electrons. The number of hydrogen-bond donors (Lipinski definition) is 1. The van der Waals surface area contributed by atoms with Crippen LogP contribution in [0.2, 0.25) is 0 Å². The Labute approximate surface area is 198 Å². The van der Waals surface area contributed by atoms with Crippen molar-refractivity contribution in [3.8, 4) is 0 Å². The third-order valence-electron chi connectivity index (χ3n) is 6.18. The zero-order valence-corrected chi connectivity index (χ0v) is 20.4. The van der Waals surface area contributed by atoms with E-state index in [1.807, 2.05) is 4.90 Å². The Morgan fingerprint density at radius 3 is 2.53 bits per heavy atom. The van der Waals surface area contributed by atoms with E-state index in [0.29, 0.717) is 30.7 Å². The molecule has 9 heteroatoms. The standard InChI is InChI=1S/C25H32FN3O5/c1-6-33-23(31)18-11-17(15-7-8-15)19-12-20(21(26)14(2)29(19)22(18)30)28-10-9-16(13-28)27-24(32)34-25(3,4)5/h11-12,15-16H,6-10,13H2,1-5H3,(H,27,32). The molecule has 1 saturated carbocycles. The Hall–Kier alpha value is -3.10.